The maximum atomic E-state index is 5.30. The number of rotatable bonds is 5. The molecule has 0 unspecified atom stereocenters. The minimum absolute atomic E-state index is 0.441. The van der Waals surface area contributed by atoms with E-state index in [4.69, 9.17) is 17.0 Å². The number of aromatic nitrogens is 3. The summed E-state index contributed by atoms with van der Waals surface area (Å²) in [7, 11) is 5.65. The zero-order valence-corrected chi connectivity index (χ0v) is 15.1. The molecule has 0 saturated heterocycles. The first-order valence-corrected chi connectivity index (χ1v) is 8.13. The predicted molar refractivity (Wildman–Crippen MR) is 103 cm³/mol. The smallest absolute Gasteiger partial charge is 0.216 e. The van der Waals surface area contributed by atoms with Gasteiger partial charge in [0.05, 0.1) is 13.3 Å². The van der Waals surface area contributed by atoms with Gasteiger partial charge in [0, 0.05) is 25.3 Å². The van der Waals surface area contributed by atoms with Crippen LogP contribution in [0.1, 0.15) is 5.56 Å². The second-order valence-electron chi connectivity index (χ2n) is 5.62. The van der Waals surface area contributed by atoms with Crippen LogP contribution in [0.4, 0.5) is 5.69 Å². The molecule has 1 N–H and O–H groups in total. The second kappa shape index (κ2) is 7.31. The van der Waals surface area contributed by atoms with Crippen molar-refractivity contribution < 1.29 is 4.74 Å². The van der Waals surface area contributed by atoms with Crippen LogP contribution < -0.4 is 9.64 Å². The van der Waals surface area contributed by atoms with Crippen molar-refractivity contribution in [2.45, 2.75) is 0 Å². The van der Waals surface area contributed by atoms with Crippen LogP contribution >= 0.6 is 12.2 Å². The Morgan fingerprint density at radius 2 is 1.80 bits per heavy atom. The Bertz CT molecular complexity index is 923. The third-order valence-electron chi connectivity index (χ3n) is 3.73. The Balaban J connectivity index is 1.90. The highest BCUT2D eigenvalue weighted by atomic mass is 32.1. The van der Waals surface area contributed by atoms with Crippen LogP contribution in [-0.2, 0) is 0 Å². The molecule has 0 saturated carbocycles. The van der Waals surface area contributed by atoms with Gasteiger partial charge >= 0.3 is 0 Å². The number of hydrogen-bond donors (Lipinski definition) is 1. The lowest BCUT2D eigenvalue weighted by atomic mass is 10.2. The average Bonchev–Trinajstić information content (AvgIpc) is 3.01. The highest BCUT2D eigenvalue weighted by Gasteiger charge is 2.08. The molecule has 0 aliphatic carbocycles. The van der Waals surface area contributed by atoms with Crippen LogP contribution in [0.15, 0.2) is 53.6 Å². The fourth-order valence-corrected chi connectivity index (χ4v) is 2.49. The summed E-state index contributed by atoms with van der Waals surface area (Å²) in [6.07, 6.45) is 1.74. The first kappa shape index (κ1) is 16.9. The van der Waals surface area contributed by atoms with Crippen molar-refractivity contribution >= 4 is 24.1 Å². The molecule has 0 amide bonds. The van der Waals surface area contributed by atoms with Gasteiger partial charge in [-0.25, -0.2) is 5.10 Å². The number of H-pyrrole nitrogens is 1. The van der Waals surface area contributed by atoms with E-state index in [1.807, 2.05) is 67.5 Å². The Kier molecular flexibility index (Phi) is 4.95. The molecular weight excluding hydrogens is 334 g/mol. The van der Waals surface area contributed by atoms with Gasteiger partial charge < -0.3 is 9.64 Å². The number of hydrogen-bond acceptors (Lipinski definition) is 5. The molecule has 0 aliphatic rings. The van der Waals surface area contributed by atoms with Gasteiger partial charge in [-0.1, -0.05) is 0 Å². The largest absolute Gasteiger partial charge is 0.497 e. The molecule has 1 aromatic heterocycles. The van der Waals surface area contributed by atoms with Crippen molar-refractivity contribution in [3.63, 3.8) is 0 Å². The molecule has 0 bridgehead atoms. The van der Waals surface area contributed by atoms with E-state index >= 15 is 0 Å². The van der Waals surface area contributed by atoms with Crippen LogP contribution in [-0.4, -0.2) is 42.3 Å². The van der Waals surface area contributed by atoms with Gasteiger partial charge in [0.15, 0.2) is 5.82 Å². The van der Waals surface area contributed by atoms with Crippen molar-refractivity contribution in [2.75, 3.05) is 26.1 Å². The molecule has 7 heteroatoms. The molecule has 2 aromatic carbocycles. The van der Waals surface area contributed by atoms with Gasteiger partial charge in [-0.2, -0.15) is 14.9 Å². The lowest BCUT2D eigenvalue weighted by molar-refractivity contribution is 0.415. The lowest BCUT2D eigenvalue weighted by Gasteiger charge is -2.12. The van der Waals surface area contributed by atoms with Crippen LogP contribution in [0.5, 0.6) is 5.75 Å². The van der Waals surface area contributed by atoms with Gasteiger partial charge in [-0.15, -0.1) is 0 Å². The zero-order chi connectivity index (χ0) is 17.8. The summed E-state index contributed by atoms with van der Waals surface area (Å²) >= 11 is 5.30. The number of methoxy groups -OCH3 is 1. The highest BCUT2D eigenvalue weighted by molar-refractivity contribution is 7.71. The predicted octanol–water partition coefficient (Wildman–Crippen LogP) is 3.56. The zero-order valence-electron chi connectivity index (χ0n) is 14.3. The third-order valence-corrected chi connectivity index (χ3v) is 3.99. The van der Waals surface area contributed by atoms with Crippen molar-refractivity contribution in [1.29, 1.82) is 0 Å². The SMILES string of the molecule is COc1ccc(C=Nn2c(-c3ccc(N(C)C)cc3)n[nH]c2=S)cc1. The molecule has 25 heavy (non-hydrogen) atoms. The molecule has 0 aliphatic heterocycles. The normalized spacial score (nSPS) is 11.0. The quantitative estimate of drug-likeness (QED) is 0.563. The summed E-state index contributed by atoms with van der Waals surface area (Å²) in [5.41, 5.74) is 2.99. The standard InChI is InChI=1S/C18H19N5OS/c1-22(2)15-8-6-14(7-9-15)17-20-21-18(25)23(17)19-12-13-4-10-16(24-3)11-5-13/h4-12H,1-3H3,(H,21,25). The molecule has 3 aromatic rings. The van der Waals surface area contributed by atoms with E-state index in [2.05, 4.69) is 15.3 Å². The topological polar surface area (TPSA) is 58.4 Å². The molecule has 3 rings (SSSR count). The Morgan fingerprint density at radius 1 is 1.12 bits per heavy atom. The second-order valence-corrected chi connectivity index (χ2v) is 6.01. The van der Waals surface area contributed by atoms with Gasteiger partial charge in [0.1, 0.15) is 5.75 Å². The van der Waals surface area contributed by atoms with E-state index in [1.165, 1.54) is 0 Å². The first-order chi connectivity index (χ1) is 12.1. The summed E-state index contributed by atoms with van der Waals surface area (Å²) < 4.78 is 7.21. The number of benzene rings is 2. The Hall–Kier alpha value is -2.93. The molecule has 0 fully saturated rings. The number of nitrogens with one attached hydrogen (secondary N) is 1. The summed E-state index contributed by atoms with van der Waals surface area (Å²) in [5.74, 6) is 1.47. The maximum Gasteiger partial charge on any atom is 0.216 e. The summed E-state index contributed by atoms with van der Waals surface area (Å²) in [6, 6.07) is 15.7. The van der Waals surface area contributed by atoms with E-state index in [1.54, 1.807) is 18.0 Å². The number of nitrogens with zero attached hydrogens (tertiary/aromatic N) is 4. The van der Waals surface area contributed by atoms with E-state index in [9.17, 15) is 0 Å². The van der Waals surface area contributed by atoms with Crippen molar-refractivity contribution in [3.05, 3.63) is 58.9 Å². The van der Waals surface area contributed by atoms with Crippen molar-refractivity contribution in [3.8, 4) is 17.1 Å². The molecular formula is C18H19N5OS. The van der Waals surface area contributed by atoms with E-state index in [0.717, 1.165) is 22.6 Å². The van der Waals surface area contributed by atoms with E-state index < -0.39 is 0 Å². The minimum Gasteiger partial charge on any atom is -0.497 e. The van der Waals surface area contributed by atoms with Gasteiger partial charge in [0.25, 0.3) is 0 Å². The van der Waals surface area contributed by atoms with Gasteiger partial charge in [0.2, 0.25) is 4.77 Å². The number of anilines is 1. The fraction of sp³-hybridized carbons (Fsp3) is 0.167. The van der Waals surface area contributed by atoms with Gasteiger partial charge in [-0.05, 0) is 66.3 Å². The number of ether oxygens (including phenoxy) is 1. The summed E-state index contributed by atoms with van der Waals surface area (Å²) in [4.78, 5) is 2.04. The monoisotopic (exact) mass is 353 g/mol. The molecule has 6 nitrogen and oxygen atoms in total. The molecule has 128 valence electrons. The number of aromatic amines is 1. The van der Waals surface area contributed by atoms with Crippen molar-refractivity contribution in [2.24, 2.45) is 5.10 Å². The first-order valence-electron chi connectivity index (χ1n) is 7.72. The minimum atomic E-state index is 0.441. The van der Waals surface area contributed by atoms with Gasteiger partial charge in [-0.3, -0.25) is 0 Å². The highest BCUT2D eigenvalue weighted by Crippen LogP contribution is 2.21. The average molecular weight is 353 g/mol. The lowest BCUT2D eigenvalue weighted by Crippen LogP contribution is -2.08. The Labute approximate surface area is 151 Å². The van der Waals surface area contributed by atoms with Crippen LogP contribution in [0, 0.1) is 4.77 Å². The summed E-state index contributed by atoms with van der Waals surface area (Å²) in [6.45, 7) is 0. The fourth-order valence-electron chi connectivity index (χ4n) is 2.31. The molecule has 0 radical (unpaired) electrons. The maximum absolute atomic E-state index is 5.30. The molecule has 0 atom stereocenters. The Morgan fingerprint density at radius 3 is 2.40 bits per heavy atom. The summed E-state index contributed by atoms with van der Waals surface area (Å²) in [5, 5.41) is 11.6. The van der Waals surface area contributed by atoms with Crippen LogP contribution in [0.3, 0.4) is 0 Å². The van der Waals surface area contributed by atoms with Crippen LogP contribution in [0.25, 0.3) is 11.4 Å². The van der Waals surface area contributed by atoms with E-state index in [-0.39, 0.29) is 0 Å². The third kappa shape index (κ3) is 3.77. The van der Waals surface area contributed by atoms with Crippen LogP contribution in [0.2, 0.25) is 0 Å². The van der Waals surface area contributed by atoms with Crippen molar-refractivity contribution in [1.82, 2.24) is 14.9 Å². The molecule has 1 heterocycles. The molecule has 0 spiro atoms. The van der Waals surface area contributed by atoms with E-state index in [0.29, 0.717) is 10.6 Å².